The molecule has 0 amide bonds. The third kappa shape index (κ3) is 1.92. The molecule has 0 aliphatic rings. The number of pyridine rings is 1. The summed E-state index contributed by atoms with van der Waals surface area (Å²) in [4.78, 5) is 3.71. The highest BCUT2D eigenvalue weighted by Gasteiger charge is 2.12. The van der Waals surface area contributed by atoms with E-state index in [-0.39, 0.29) is 0 Å². The summed E-state index contributed by atoms with van der Waals surface area (Å²) in [6.07, 6.45) is 1.31. The third-order valence-electron chi connectivity index (χ3n) is 1.19. The molecule has 1 rings (SSSR count). The first kappa shape index (κ1) is 8.51. The van der Waals surface area contributed by atoms with Crippen LogP contribution in [0.5, 0.6) is 0 Å². The summed E-state index contributed by atoms with van der Waals surface area (Å²) in [6, 6.07) is 1.51. The van der Waals surface area contributed by atoms with Gasteiger partial charge >= 0.3 is 7.12 Å². The van der Waals surface area contributed by atoms with Crippen LogP contribution < -0.4 is 11.2 Å². The fraction of sp³-hybridized carbons (Fsp3) is 0. The molecule has 0 aliphatic heterocycles. The minimum atomic E-state index is -1.50. The van der Waals surface area contributed by atoms with E-state index in [1.165, 1.54) is 12.3 Å². The first-order valence-corrected chi connectivity index (χ1v) is 3.67. The number of anilines is 1. The Morgan fingerprint density at radius 2 is 2.18 bits per heavy atom. The van der Waals surface area contributed by atoms with Crippen LogP contribution in [0, 0.1) is 0 Å². The number of halogens is 1. The summed E-state index contributed by atoms with van der Waals surface area (Å²) < 4.78 is 0.558. The van der Waals surface area contributed by atoms with E-state index < -0.39 is 7.12 Å². The van der Waals surface area contributed by atoms with Crippen LogP contribution in [0.1, 0.15) is 0 Å². The van der Waals surface area contributed by atoms with Crippen molar-refractivity contribution in [2.45, 2.75) is 0 Å². The average Bonchev–Trinajstić information content (AvgIpc) is 1.94. The van der Waals surface area contributed by atoms with Crippen LogP contribution >= 0.6 is 15.9 Å². The van der Waals surface area contributed by atoms with Crippen molar-refractivity contribution in [3.8, 4) is 0 Å². The van der Waals surface area contributed by atoms with Gasteiger partial charge in [-0.25, -0.2) is 4.98 Å². The summed E-state index contributed by atoms with van der Waals surface area (Å²) in [5, 5.41) is 17.4. The molecule has 0 aliphatic carbocycles. The van der Waals surface area contributed by atoms with Gasteiger partial charge in [0, 0.05) is 11.7 Å². The number of hydrogen-bond donors (Lipinski definition) is 3. The van der Waals surface area contributed by atoms with Crippen LogP contribution in [0.3, 0.4) is 0 Å². The van der Waals surface area contributed by atoms with Crippen LogP contribution in [0.4, 0.5) is 5.82 Å². The van der Waals surface area contributed by atoms with Gasteiger partial charge in [0.2, 0.25) is 0 Å². The smallest absolute Gasteiger partial charge is 0.423 e. The molecular weight excluding hydrogens is 211 g/mol. The number of rotatable bonds is 1. The molecule has 0 radical (unpaired) electrons. The van der Waals surface area contributed by atoms with Crippen molar-refractivity contribution in [1.29, 1.82) is 0 Å². The monoisotopic (exact) mass is 216 g/mol. The lowest BCUT2D eigenvalue weighted by molar-refractivity contribution is 0.425. The van der Waals surface area contributed by atoms with Gasteiger partial charge in [-0.2, -0.15) is 0 Å². The Labute approximate surface area is 72.3 Å². The summed E-state index contributed by atoms with van der Waals surface area (Å²) in [7, 11) is -1.50. The number of hydrogen-bond acceptors (Lipinski definition) is 4. The van der Waals surface area contributed by atoms with Crippen molar-refractivity contribution in [2.24, 2.45) is 0 Å². The van der Waals surface area contributed by atoms with E-state index in [4.69, 9.17) is 15.8 Å². The van der Waals surface area contributed by atoms with E-state index in [0.717, 1.165) is 0 Å². The molecule has 1 aromatic rings. The molecule has 58 valence electrons. The normalized spacial score (nSPS) is 9.73. The fourth-order valence-electron chi connectivity index (χ4n) is 0.604. The maximum atomic E-state index is 8.69. The molecule has 6 heteroatoms. The van der Waals surface area contributed by atoms with Crippen molar-refractivity contribution in [2.75, 3.05) is 5.73 Å². The number of nitrogen functional groups attached to an aromatic ring is 1. The lowest BCUT2D eigenvalue weighted by Crippen LogP contribution is -2.30. The maximum Gasteiger partial charge on any atom is 0.490 e. The zero-order valence-electron chi connectivity index (χ0n) is 5.53. The SMILES string of the molecule is Nc1ncc(B(O)O)cc1Br. The van der Waals surface area contributed by atoms with E-state index in [9.17, 15) is 0 Å². The quantitative estimate of drug-likeness (QED) is 0.532. The minimum Gasteiger partial charge on any atom is -0.423 e. The number of aromatic nitrogens is 1. The highest BCUT2D eigenvalue weighted by atomic mass is 79.9. The highest BCUT2D eigenvalue weighted by Crippen LogP contribution is 2.13. The summed E-state index contributed by atoms with van der Waals surface area (Å²) in [6.45, 7) is 0. The number of nitrogens with zero attached hydrogens (tertiary/aromatic N) is 1. The first-order valence-electron chi connectivity index (χ1n) is 2.88. The average molecular weight is 217 g/mol. The molecule has 0 atom stereocenters. The van der Waals surface area contributed by atoms with Crippen LogP contribution in [0.25, 0.3) is 0 Å². The van der Waals surface area contributed by atoms with Crippen LogP contribution in [0.15, 0.2) is 16.7 Å². The van der Waals surface area contributed by atoms with Gasteiger partial charge < -0.3 is 15.8 Å². The molecule has 4 nitrogen and oxygen atoms in total. The fourth-order valence-corrected chi connectivity index (χ4v) is 0.971. The van der Waals surface area contributed by atoms with Crippen molar-refractivity contribution in [3.63, 3.8) is 0 Å². The molecule has 1 heterocycles. The second kappa shape index (κ2) is 3.21. The van der Waals surface area contributed by atoms with E-state index >= 15 is 0 Å². The number of nitrogens with two attached hydrogens (primary N) is 1. The Hall–Kier alpha value is -0.585. The largest absolute Gasteiger partial charge is 0.490 e. The van der Waals surface area contributed by atoms with E-state index in [1.807, 2.05) is 0 Å². The molecule has 0 spiro atoms. The van der Waals surface area contributed by atoms with E-state index in [2.05, 4.69) is 20.9 Å². The lowest BCUT2D eigenvalue weighted by Gasteiger charge is -2.00. The standard InChI is InChI=1S/C5H6BBrN2O2/c7-4-1-3(6(10)11)2-9-5(4)8/h1-2,10-11H,(H2,8,9). The van der Waals surface area contributed by atoms with Crippen LogP contribution in [0.2, 0.25) is 0 Å². The Morgan fingerprint density at radius 1 is 1.55 bits per heavy atom. The molecule has 0 saturated heterocycles. The molecular formula is C5H6BBrN2O2. The highest BCUT2D eigenvalue weighted by molar-refractivity contribution is 9.10. The van der Waals surface area contributed by atoms with Crippen LogP contribution in [-0.4, -0.2) is 22.2 Å². The van der Waals surface area contributed by atoms with Gasteiger partial charge in [0.05, 0.1) is 4.47 Å². The van der Waals surface area contributed by atoms with Gasteiger partial charge in [0.1, 0.15) is 5.82 Å². The molecule has 0 bridgehead atoms. The van der Waals surface area contributed by atoms with Gasteiger partial charge in [0.15, 0.2) is 0 Å². The predicted octanol–water partition coefficient (Wildman–Crippen LogP) is -0.894. The topological polar surface area (TPSA) is 79.4 Å². The maximum absolute atomic E-state index is 8.69. The van der Waals surface area contributed by atoms with E-state index in [1.54, 1.807) is 0 Å². The summed E-state index contributed by atoms with van der Waals surface area (Å²) in [5.74, 6) is 0.328. The Morgan fingerprint density at radius 3 is 2.64 bits per heavy atom. The molecule has 0 unspecified atom stereocenters. The lowest BCUT2D eigenvalue weighted by atomic mass is 9.82. The predicted molar refractivity (Wildman–Crippen MR) is 46.2 cm³/mol. The Bertz CT molecular complexity index is 269. The van der Waals surface area contributed by atoms with Crippen molar-refractivity contribution in [3.05, 3.63) is 16.7 Å². The van der Waals surface area contributed by atoms with Crippen molar-refractivity contribution < 1.29 is 10.0 Å². The molecule has 0 fully saturated rings. The zero-order chi connectivity index (χ0) is 8.43. The molecule has 1 aromatic heterocycles. The second-order valence-corrected chi connectivity index (χ2v) is 2.86. The van der Waals surface area contributed by atoms with Gasteiger partial charge in [-0.1, -0.05) is 0 Å². The minimum absolute atomic E-state index is 0.311. The van der Waals surface area contributed by atoms with Crippen molar-refractivity contribution in [1.82, 2.24) is 4.98 Å². The van der Waals surface area contributed by atoms with Crippen LogP contribution in [-0.2, 0) is 0 Å². The molecule has 0 aromatic carbocycles. The molecule has 0 saturated carbocycles. The van der Waals surface area contributed by atoms with Crippen molar-refractivity contribution >= 4 is 34.3 Å². The van der Waals surface area contributed by atoms with Gasteiger partial charge in [-0.05, 0) is 22.0 Å². The summed E-state index contributed by atoms with van der Waals surface area (Å²) in [5.41, 5.74) is 5.68. The van der Waals surface area contributed by atoms with Gasteiger partial charge in [-0.3, -0.25) is 0 Å². The zero-order valence-corrected chi connectivity index (χ0v) is 7.12. The van der Waals surface area contributed by atoms with Gasteiger partial charge in [-0.15, -0.1) is 0 Å². The first-order chi connectivity index (χ1) is 5.11. The molecule has 11 heavy (non-hydrogen) atoms. The van der Waals surface area contributed by atoms with Gasteiger partial charge in [0.25, 0.3) is 0 Å². The Balaban J connectivity index is 3.05. The third-order valence-corrected chi connectivity index (χ3v) is 1.82. The molecule has 4 N–H and O–H groups in total. The summed E-state index contributed by atoms with van der Waals surface area (Å²) >= 11 is 3.10. The van der Waals surface area contributed by atoms with E-state index in [0.29, 0.717) is 15.8 Å². The second-order valence-electron chi connectivity index (χ2n) is 2.01. The Kier molecular flexibility index (Phi) is 2.48.